The van der Waals surface area contributed by atoms with Gasteiger partial charge in [0, 0.05) is 33.2 Å². The smallest absolute Gasteiger partial charge is 0.0543 e. The summed E-state index contributed by atoms with van der Waals surface area (Å²) in [6, 6.07) is 75.3. The predicted octanol–water partition coefficient (Wildman–Crippen LogP) is 17.1. The number of rotatable bonds is 6. The number of anilines is 3. The van der Waals surface area contributed by atoms with Gasteiger partial charge in [0.1, 0.15) is 0 Å². The summed E-state index contributed by atoms with van der Waals surface area (Å²) in [5.74, 6) is 0. The lowest BCUT2D eigenvalue weighted by Crippen LogP contribution is -2.16. The SMILES string of the molecule is CC1(C)c2ccccc2-c2cc(-c3cccc(N(c4cccc(-c5ccc6c(c5)-c5ccccc5C6(C)C)c4)c4cccc5c4-c4ccc(-c6ccccc6)cc4C5(C)C)c3)ccc21. The lowest BCUT2D eigenvalue weighted by molar-refractivity contribution is 0.660. The van der Waals surface area contributed by atoms with Crippen LogP contribution in [0.25, 0.3) is 66.8 Å². The van der Waals surface area contributed by atoms with Crippen LogP contribution in [-0.2, 0) is 16.2 Å². The molecule has 1 heteroatoms. The van der Waals surface area contributed by atoms with E-state index in [0.717, 1.165) is 11.4 Å². The summed E-state index contributed by atoms with van der Waals surface area (Å²) in [6.45, 7) is 14.2. The molecule has 0 saturated carbocycles. The summed E-state index contributed by atoms with van der Waals surface area (Å²) in [5.41, 5.74) is 26.7. The minimum atomic E-state index is -0.191. The number of fused-ring (bicyclic) bond motifs is 9. The molecule has 0 N–H and O–H groups in total. The van der Waals surface area contributed by atoms with Crippen molar-refractivity contribution in [2.45, 2.75) is 57.8 Å². The maximum atomic E-state index is 2.51. The lowest BCUT2D eigenvalue weighted by Gasteiger charge is -2.29. The maximum Gasteiger partial charge on any atom is 0.0543 e. The van der Waals surface area contributed by atoms with Crippen LogP contribution >= 0.6 is 0 Å². The van der Waals surface area contributed by atoms with Gasteiger partial charge in [0.05, 0.1) is 5.69 Å². The van der Waals surface area contributed by atoms with Crippen molar-refractivity contribution >= 4 is 17.1 Å². The Morgan fingerprint density at radius 2 is 0.688 bits per heavy atom. The van der Waals surface area contributed by atoms with Gasteiger partial charge in [0.2, 0.25) is 0 Å². The van der Waals surface area contributed by atoms with Crippen LogP contribution in [0.15, 0.2) is 200 Å². The Bertz CT molecular complexity index is 3210. The molecule has 64 heavy (non-hydrogen) atoms. The Morgan fingerprint density at radius 3 is 1.27 bits per heavy atom. The molecule has 0 bridgehead atoms. The Kier molecular flexibility index (Phi) is 8.35. The summed E-state index contributed by atoms with van der Waals surface area (Å²) >= 11 is 0. The highest BCUT2D eigenvalue weighted by molar-refractivity contribution is 5.97. The molecule has 1 nitrogen and oxygen atoms in total. The first-order valence-electron chi connectivity index (χ1n) is 22.8. The highest BCUT2D eigenvalue weighted by atomic mass is 15.1. The van der Waals surface area contributed by atoms with Crippen LogP contribution in [0.1, 0.15) is 74.9 Å². The Balaban J connectivity index is 1.04. The summed E-state index contributed by atoms with van der Waals surface area (Å²) in [6.07, 6.45) is 0. The van der Waals surface area contributed by atoms with E-state index in [-0.39, 0.29) is 16.2 Å². The highest BCUT2D eigenvalue weighted by Crippen LogP contribution is 2.56. The number of benzene rings is 9. The highest BCUT2D eigenvalue weighted by Gasteiger charge is 2.39. The van der Waals surface area contributed by atoms with E-state index in [2.05, 4.69) is 247 Å². The zero-order chi connectivity index (χ0) is 43.5. The standard InChI is InChI=1S/C63H51N/c1-61(2)53-25-12-10-23-48(53)51-37-43(30-33-55(51)61)41-19-14-21-46(35-41)64(47-22-15-20-42(36-47)44-31-34-56-52(38-44)49-24-11-13-26-54(49)62(56,3)4)59-28-16-27-57-60(59)50-32-29-45(39-58(50)63(57,5)6)40-17-8-7-9-18-40/h7-39H,1-6H3. The predicted molar refractivity (Wildman–Crippen MR) is 270 cm³/mol. The van der Waals surface area contributed by atoms with Gasteiger partial charge >= 0.3 is 0 Å². The van der Waals surface area contributed by atoms with E-state index in [4.69, 9.17) is 0 Å². The second-order valence-electron chi connectivity index (χ2n) is 19.7. The fraction of sp³-hybridized carbons (Fsp3) is 0.143. The number of nitrogens with zero attached hydrogens (tertiary/aromatic N) is 1. The molecule has 0 unspecified atom stereocenters. The molecule has 3 aliphatic rings. The summed E-state index contributed by atoms with van der Waals surface area (Å²) in [5, 5.41) is 0. The molecule has 0 radical (unpaired) electrons. The topological polar surface area (TPSA) is 3.24 Å². The van der Waals surface area contributed by atoms with Crippen LogP contribution in [0.5, 0.6) is 0 Å². The summed E-state index contributed by atoms with van der Waals surface area (Å²) in [7, 11) is 0. The van der Waals surface area contributed by atoms with Gasteiger partial charge in [-0.2, -0.15) is 0 Å². The van der Waals surface area contributed by atoms with E-state index >= 15 is 0 Å². The fourth-order valence-corrected chi connectivity index (χ4v) is 11.6. The third kappa shape index (κ3) is 5.63. The van der Waals surface area contributed by atoms with E-state index in [0.29, 0.717) is 0 Å². The first-order valence-corrected chi connectivity index (χ1v) is 22.8. The number of hydrogen-bond donors (Lipinski definition) is 0. The molecular weight excluding hydrogens is 771 g/mol. The van der Waals surface area contributed by atoms with Crippen molar-refractivity contribution in [1.29, 1.82) is 0 Å². The molecule has 3 aliphatic carbocycles. The van der Waals surface area contributed by atoms with Crippen LogP contribution in [0.2, 0.25) is 0 Å². The fourth-order valence-electron chi connectivity index (χ4n) is 11.6. The van der Waals surface area contributed by atoms with Crippen molar-refractivity contribution < 1.29 is 0 Å². The normalized spacial score (nSPS) is 15.1. The number of hydrogen-bond acceptors (Lipinski definition) is 1. The first-order chi connectivity index (χ1) is 31.0. The quantitative estimate of drug-likeness (QED) is 0.161. The molecule has 0 aromatic heterocycles. The Morgan fingerprint density at radius 1 is 0.266 bits per heavy atom. The van der Waals surface area contributed by atoms with Gasteiger partial charge in [-0.1, -0.05) is 193 Å². The molecule has 0 spiro atoms. The second kappa shape index (κ2) is 13.9. The largest absolute Gasteiger partial charge is 0.310 e. The zero-order valence-electron chi connectivity index (χ0n) is 37.5. The van der Waals surface area contributed by atoms with Crippen LogP contribution < -0.4 is 4.90 Å². The second-order valence-corrected chi connectivity index (χ2v) is 19.7. The van der Waals surface area contributed by atoms with Crippen molar-refractivity contribution in [2.24, 2.45) is 0 Å². The molecule has 0 atom stereocenters. The Hall–Kier alpha value is -7.22. The molecule has 0 heterocycles. The van der Waals surface area contributed by atoms with E-state index < -0.39 is 0 Å². The van der Waals surface area contributed by atoms with Gasteiger partial charge in [-0.05, 0) is 143 Å². The third-order valence-corrected chi connectivity index (χ3v) is 15.1. The molecule has 9 aromatic rings. The Labute approximate surface area is 378 Å². The van der Waals surface area contributed by atoms with Gasteiger partial charge in [-0.3, -0.25) is 0 Å². The summed E-state index contributed by atoms with van der Waals surface area (Å²) < 4.78 is 0. The zero-order valence-corrected chi connectivity index (χ0v) is 37.5. The maximum absolute atomic E-state index is 2.51. The van der Waals surface area contributed by atoms with Crippen molar-refractivity contribution in [3.05, 3.63) is 234 Å². The van der Waals surface area contributed by atoms with Gasteiger partial charge < -0.3 is 4.90 Å². The minimum absolute atomic E-state index is 0.0356. The molecule has 0 saturated heterocycles. The molecule has 0 amide bonds. The van der Waals surface area contributed by atoms with E-state index in [9.17, 15) is 0 Å². The third-order valence-electron chi connectivity index (χ3n) is 15.1. The van der Waals surface area contributed by atoms with Gasteiger partial charge in [0.15, 0.2) is 0 Å². The van der Waals surface area contributed by atoms with Crippen LogP contribution in [0, 0.1) is 0 Å². The molecule has 9 aromatic carbocycles. The monoisotopic (exact) mass is 821 g/mol. The lowest BCUT2D eigenvalue weighted by atomic mass is 9.81. The molecule has 0 aliphatic heterocycles. The van der Waals surface area contributed by atoms with Crippen LogP contribution in [0.3, 0.4) is 0 Å². The minimum Gasteiger partial charge on any atom is -0.310 e. The van der Waals surface area contributed by atoms with E-state index in [1.54, 1.807) is 0 Å². The molecule has 0 fully saturated rings. The molecular formula is C63H51N. The van der Waals surface area contributed by atoms with Crippen molar-refractivity contribution in [2.75, 3.05) is 4.90 Å². The van der Waals surface area contributed by atoms with E-state index in [1.165, 1.54) is 106 Å². The van der Waals surface area contributed by atoms with Crippen LogP contribution in [-0.4, -0.2) is 0 Å². The molecule has 308 valence electrons. The van der Waals surface area contributed by atoms with Crippen molar-refractivity contribution in [1.82, 2.24) is 0 Å². The van der Waals surface area contributed by atoms with Gasteiger partial charge in [-0.25, -0.2) is 0 Å². The van der Waals surface area contributed by atoms with Crippen molar-refractivity contribution in [3.63, 3.8) is 0 Å². The summed E-state index contributed by atoms with van der Waals surface area (Å²) in [4.78, 5) is 2.51. The van der Waals surface area contributed by atoms with Crippen LogP contribution in [0.4, 0.5) is 17.1 Å². The van der Waals surface area contributed by atoms with Gasteiger partial charge in [-0.15, -0.1) is 0 Å². The van der Waals surface area contributed by atoms with E-state index in [1.807, 2.05) is 0 Å². The average molecular weight is 822 g/mol. The molecule has 12 rings (SSSR count). The van der Waals surface area contributed by atoms with Gasteiger partial charge in [0.25, 0.3) is 0 Å². The van der Waals surface area contributed by atoms with Crippen molar-refractivity contribution in [3.8, 4) is 66.8 Å². The average Bonchev–Trinajstić information content (AvgIpc) is 3.81. The first kappa shape index (κ1) is 38.5.